The van der Waals surface area contributed by atoms with Gasteiger partial charge in [0.15, 0.2) is 0 Å². The maximum atomic E-state index is 13.5. The van der Waals surface area contributed by atoms with Gasteiger partial charge in [0.05, 0.1) is 11.2 Å². The fraction of sp³-hybridized carbons (Fsp3) is 0.320. The molecule has 0 bridgehead atoms. The Morgan fingerprint density at radius 1 is 1.07 bits per heavy atom. The molecule has 0 amide bonds. The maximum Gasteiger partial charge on any atom is 0.251 e. The monoisotopic (exact) mass is 388 g/mol. The molecule has 1 atom stereocenters. The molecular weight excluding hydrogens is 363 g/mol. The van der Waals surface area contributed by atoms with Gasteiger partial charge in [-0.15, -0.1) is 0 Å². The topological polar surface area (TPSA) is 25.2 Å². The second kappa shape index (κ2) is 7.18. The molecule has 0 N–H and O–H groups in total. The SMILES string of the molecule is CCn1c(=O)ccc2c(N3CCC4=CCC[C@@H]4C3)c(-c3ccc(F)cc3)ccc21. The minimum Gasteiger partial charge on any atom is -0.370 e. The van der Waals surface area contributed by atoms with Gasteiger partial charge in [0.1, 0.15) is 5.82 Å². The Balaban J connectivity index is 1.73. The number of anilines is 1. The van der Waals surface area contributed by atoms with Crippen LogP contribution in [0.2, 0.25) is 0 Å². The largest absolute Gasteiger partial charge is 0.370 e. The lowest BCUT2D eigenvalue weighted by atomic mass is 9.91. The molecule has 0 unspecified atom stereocenters. The zero-order valence-corrected chi connectivity index (χ0v) is 16.7. The van der Waals surface area contributed by atoms with E-state index in [1.807, 2.05) is 35.8 Å². The minimum atomic E-state index is -0.227. The Kier molecular flexibility index (Phi) is 4.50. The van der Waals surface area contributed by atoms with Crippen molar-refractivity contribution in [1.82, 2.24) is 4.57 Å². The minimum absolute atomic E-state index is 0.0279. The molecule has 1 aliphatic heterocycles. The predicted octanol–water partition coefficient (Wildman–Crippen LogP) is 5.37. The summed E-state index contributed by atoms with van der Waals surface area (Å²) in [6.07, 6.45) is 5.92. The first-order chi connectivity index (χ1) is 14.2. The van der Waals surface area contributed by atoms with Crippen LogP contribution in [0.1, 0.15) is 26.2 Å². The summed E-state index contributed by atoms with van der Waals surface area (Å²) in [7, 11) is 0. The number of aryl methyl sites for hydroxylation is 1. The lowest BCUT2D eigenvalue weighted by Gasteiger charge is -2.36. The third-order valence-corrected chi connectivity index (χ3v) is 6.49. The van der Waals surface area contributed by atoms with Gasteiger partial charge in [-0.1, -0.05) is 29.8 Å². The zero-order valence-electron chi connectivity index (χ0n) is 16.7. The second-order valence-electron chi connectivity index (χ2n) is 8.07. The highest BCUT2D eigenvalue weighted by Gasteiger charge is 2.29. The summed E-state index contributed by atoms with van der Waals surface area (Å²) >= 11 is 0. The quantitative estimate of drug-likeness (QED) is 0.563. The van der Waals surface area contributed by atoms with E-state index >= 15 is 0 Å². The summed E-state index contributed by atoms with van der Waals surface area (Å²) in [4.78, 5) is 14.9. The molecular formula is C25H25FN2O. The van der Waals surface area contributed by atoms with Gasteiger partial charge in [-0.25, -0.2) is 4.39 Å². The third-order valence-electron chi connectivity index (χ3n) is 6.49. The summed E-state index contributed by atoms with van der Waals surface area (Å²) in [6, 6.07) is 14.5. The number of rotatable bonds is 3. The van der Waals surface area contributed by atoms with Gasteiger partial charge < -0.3 is 9.47 Å². The van der Waals surface area contributed by atoms with E-state index in [4.69, 9.17) is 0 Å². The number of benzene rings is 2. The van der Waals surface area contributed by atoms with Crippen LogP contribution in [0.3, 0.4) is 0 Å². The van der Waals surface area contributed by atoms with Crippen molar-refractivity contribution < 1.29 is 4.39 Å². The zero-order chi connectivity index (χ0) is 20.0. The molecule has 1 aliphatic carbocycles. The first-order valence-corrected chi connectivity index (χ1v) is 10.5. The van der Waals surface area contributed by atoms with E-state index in [-0.39, 0.29) is 11.4 Å². The van der Waals surface area contributed by atoms with Gasteiger partial charge in [0.2, 0.25) is 0 Å². The van der Waals surface area contributed by atoms with Gasteiger partial charge in [-0.2, -0.15) is 0 Å². The highest BCUT2D eigenvalue weighted by Crippen LogP contribution is 2.41. The maximum absolute atomic E-state index is 13.5. The van der Waals surface area contributed by atoms with Crippen LogP contribution in [0, 0.1) is 11.7 Å². The third kappa shape index (κ3) is 3.07. The average molecular weight is 388 g/mol. The number of aromatic nitrogens is 1. The number of hydrogen-bond donors (Lipinski definition) is 0. The molecule has 3 aromatic rings. The van der Waals surface area contributed by atoms with Crippen LogP contribution in [0.15, 0.2) is 65.0 Å². The van der Waals surface area contributed by atoms with E-state index in [1.54, 1.807) is 11.6 Å². The molecule has 148 valence electrons. The van der Waals surface area contributed by atoms with E-state index in [2.05, 4.69) is 17.0 Å². The van der Waals surface area contributed by atoms with Crippen LogP contribution in [-0.2, 0) is 6.54 Å². The molecule has 1 fully saturated rings. The lowest BCUT2D eigenvalue weighted by Crippen LogP contribution is -2.36. The Bertz CT molecular complexity index is 1160. The van der Waals surface area contributed by atoms with Crippen molar-refractivity contribution in [2.75, 3.05) is 18.0 Å². The molecule has 4 heteroatoms. The molecule has 0 spiro atoms. The van der Waals surface area contributed by atoms with E-state index in [0.717, 1.165) is 41.5 Å². The van der Waals surface area contributed by atoms with Crippen LogP contribution >= 0.6 is 0 Å². The number of halogens is 1. The van der Waals surface area contributed by atoms with Crippen LogP contribution in [0.5, 0.6) is 0 Å². The number of allylic oxidation sites excluding steroid dienone is 1. The summed E-state index contributed by atoms with van der Waals surface area (Å²) in [5.74, 6) is 0.395. The lowest BCUT2D eigenvalue weighted by molar-refractivity contribution is 0.522. The van der Waals surface area contributed by atoms with Gasteiger partial charge >= 0.3 is 0 Å². The first kappa shape index (κ1) is 18.2. The number of fused-ring (bicyclic) bond motifs is 2. The summed E-state index contributed by atoms with van der Waals surface area (Å²) in [5, 5.41) is 1.10. The van der Waals surface area contributed by atoms with Crippen LogP contribution in [-0.4, -0.2) is 17.7 Å². The van der Waals surface area contributed by atoms with Crippen LogP contribution in [0.25, 0.3) is 22.0 Å². The predicted molar refractivity (Wildman–Crippen MR) is 117 cm³/mol. The highest BCUT2D eigenvalue weighted by molar-refractivity contribution is 6.01. The molecule has 5 rings (SSSR count). The smallest absolute Gasteiger partial charge is 0.251 e. The van der Waals surface area contributed by atoms with Gasteiger partial charge in [0, 0.05) is 36.7 Å². The van der Waals surface area contributed by atoms with Crippen molar-refractivity contribution >= 4 is 16.6 Å². The number of hydrogen-bond acceptors (Lipinski definition) is 2. The fourth-order valence-electron chi connectivity index (χ4n) is 5.05. The van der Waals surface area contributed by atoms with E-state index in [9.17, 15) is 9.18 Å². The molecule has 0 saturated carbocycles. The number of piperidine rings is 1. The average Bonchev–Trinajstić information content (AvgIpc) is 3.21. The Hall–Kier alpha value is -2.88. The first-order valence-electron chi connectivity index (χ1n) is 10.5. The van der Waals surface area contributed by atoms with Crippen LogP contribution < -0.4 is 10.5 Å². The van der Waals surface area contributed by atoms with Crippen molar-refractivity contribution in [3.63, 3.8) is 0 Å². The van der Waals surface area contributed by atoms with Crippen molar-refractivity contribution in [2.45, 2.75) is 32.7 Å². The van der Waals surface area contributed by atoms with Gasteiger partial charge in [-0.05, 0) is 61.9 Å². The molecule has 3 nitrogen and oxygen atoms in total. The fourth-order valence-corrected chi connectivity index (χ4v) is 5.05. The molecule has 2 aliphatic rings. The standard InChI is InChI=1S/C25H25FN2O/c1-2-28-23-12-10-21(18-6-8-20(26)9-7-18)25(22(23)11-13-24(28)29)27-15-14-17-4-3-5-19(17)16-27/h4,6-13,19H,2-3,5,14-16H2,1H3/t19-/m1/s1. The molecule has 2 heterocycles. The normalized spacial score (nSPS) is 18.8. The van der Waals surface area contributed by atoms with E-state index in [1.165, 1.54) is 30.7 Å². The van der Waals surface area contributed by atoms with Crippen molar-refractivity contribution in [3.05, 3.63) is 76.4 Å². The molecule has 2 aromatic carbocycles. The van der Waals surface area contributed by atoms with Crippen LogP contribution in [0.4, 0.5) is 10.1 Å². The number of nitrogens with zero attached hydrogens (tertiary/aromatic N) is 2. The molecule has 29 heavy (non-hydrogen) atoms. The second-order valence-corrected chi connectivity index (χ2v) is 8.07. The van der Waals surface area contributed by atoms with Crippen molar-refractivity contribution in [2.24, 2.45) is 5.92 Å². The van der Waals surface area contributed by atoms with E-state index < -0.39 is 0 Å². The molecule has 1 aromatic heterocycles. The Morgan fingerprint density at radius 3 is 2.69 bits per heavy atom. The molecule has 0 radical (unpaired) electrons. The highest BCUT2D eigenvalue weighted by atomic mass is 19.1. The Labute approximate surface area is 170 Å². The van der Waals surface area contributed by atoms with Gasteiger partial charge in [0.25, 0.3) is 5.56 Å². The van der Waals surface area contributed by atoms with E-state index in [0.29, 0.717) is 12.5 Å². The van der Waals surface area contributed by atoms with Crippen molar-refractivity contribution in [3.8, 4) is 11.1 Å². The summed E-state index contributed by atoms with van der Waals surface area (Å²) in [6.45, 7) is 4.62. The Morgan fingerprint density at radius 2 is 1.90 bits per heavy atom. The number of pyridine rings is 1. The summed E-state index contributed by atoms with van der Waals surface area (Å²) in [5.41, 5.74) is 5.88. The summed E-state index contributed by atoms with van der Waals surface area (Å²) < 4.78 is 15.4. The molecule has 1 saturated heterocycles. The van der Waals surface area contributed by atoms with Crippen molar-refractivity contribution in [1.29, 1.82) is 0 Å². The van der Waals surface area contributed by atoms with Gasteiger partial charge in [-0.3, -0.25) is 4.79 Å².